The number of rotatable bonds is 5. The second kappa shape index (κ2) is 8.28. The highest BCUT2D eigenvalue weighted by Gasteiger charge is 2.05. The lowest BCUT2D eigenvalue weighted by Crippen LogP contribution is -2.36. The Morgan fingerprint density at radius 2 is 2.12 bits per heavy atom. The van der Waals surface area contributed by atoms with Gasteiger partial charge in [0.1, 0.15) is 6.34 Å². The van der Waals surface area contributed by atoms with E-state index >= 15 is 0 Å². The highest BCUT2D eigenvalue weighted by Crippen LogP contribution is 1.99. The van der Waals surface area contributed by atoms with Gasteiger partial charge in [0.05, 0.1) is 13.2 Å². The first-order valence-electron chi connectivity index (χ1n) is 5.10. The molecule has 0 unspecified atom stereocenters. The van der Waals surface area contributed by atoms with Crippen LogP contribution in [0, 0.1) is 0 Å². The van der Waals surface area contributed by atoms with E-state index in [4.69, 9.17) is 5.11 Å². The van der Waals surface area contributed by atoms with Gasteiger partial charge in [0.15, 0.2) is 5.84 Å². The van der Waals surface area contributed by atoms with Gasteiger partial charge in [0, 0.05) is 19.8 Å². The van der Waals surface area contributed by atoms with Crippen molar-refractivity contribution in [3.63, 3.8) is 0 Å². The van der Waals surface area contributed by atoms with Gasteiger partial charge < -0.3 is 15.7 Å². The Hall–Kier alpha value is -1.89. The molecule has 0 aliphatic heterocycles. The molecule has 0 aromatic carbocycles. The van der Waals surface area contributed by atoms with Crippen LogP contribution in [0.2, 0.25) is 0 Å². The molecule has 0 aliphatic carbocycles. The van der Waals surface area contributed by atoms with E-state index in [0.29, 0.717) is 12.2 Å². The number of carbonyl (C=O) groups is 1. The molecule has 0 fully saturated rings. The molecule has 7 heteroatoms. The molecular formula is C10H19N5O2. The molecule has 17 heavy (non-hydrogen) atoms. The highest BCUT2D eigenvalue weighted by molar-refractivity contribution is 6.38. The quantitative estimate of drug-likeness (QED) is 0.331. The summed E-state index contributed by atoms with van der Waals surface area (Å²) in [6.07, 6.45) is 1.23. The van der Waals surface area contributed by atoms with Crippen LogP contribution in [0.1, 0.15) is 6.92 Å². The molecule has 0 aromatic heterocycles. The van der Waals surface area contributed by atoms with Crippen molar-refractivity contribution in [3.05, 3.63) is 12.3 Å². The monoisotopic (exact) mass is 241 g/mol. The zero-order valence-electron chi connectivity index (χ0n) is 10.4. The van der Waals surface area contributed by atoms with Crippen LogP contribution in [0.3, 0.4) is 0 Å². The average Bonchev–Trinajstić information content (AvgIpc) is 2.32. The lowest BCUT2D eigenvalue weighted by Gasteiger charge is -2.16. The number of amidine groups is 1. The van der Waals surface area contributed by atoms with E-state index in [-0.39, 0.29) is 18.3 Å². The predicted octanol–water partition coefficient (Wildman–Crippen LogP) is -0.878. The van der Waals surface area contributed by atoms with Crippen LogP contribution < -0.4 is 10.6 Å². The zero-order valence-corrected chi connectivity index (χ0v) is 10.4. The van der Waals surface area contributed by atoms with Gasteiger partial charge in [0.2, 0.25) is 0 Å². The smallest absolute Gasteiger partial charge is 0.286 e. The molecule has 0 radical (unpaired) electrons. The summed E-state index contributed by atoms with van der Waals surface area (Å²) in [6, 6.07) is 0. The third kappa shape index (κ3) is 5.67. The van der Waals surface area contributed by atoms with Gasteiger partial charge in [0.25, 0.3) is 5.91 Å². The number of nitrogens with zero attached hydrogens (tertiary/aromatic N) is 3. The summed E-state index contributed by atoms with van der Waals surface area (Å²) in [5.41, 5.74) is 0.677. The first-order chi connectivity index (χ1) is 8.06. The molecular weight excluding hydrogens is 222 g/mol. The van der Waals surface area contributed by atoms with Crippen LogP contribution in [0.5, 0.6) is 0 Å². The average molecular weight is 241 g/mol. The number of carbonyl (C=O) groups excluding carboxylic acids is 1. The molecule has 0 rings (SSSR count). The van der Waals surface area contributed by atoms with Gasteiger partial charge in [-0.2, -0.15) is 5.10 Å². The first-order valence-corrected chi connectivity index (χ1v) is 5.10. The van der Waals surface area contributed by atoms with Crippen molar-refractivity contribution in [2.75, 3.05) is 27.2 Å². The maximum Gasteiger partial charge on any atom is 0.286 e. The molecule has 0 atom stereocenters. The summed E-state index contributed by atoms with van der Waals surface area (Å²) in [6.45, 7) is 5.75. The maximum atomic E-state index is 11.2. The second-order valence-electron chi connectivity index (χ2n) is 3.12. The molecule has 0 spiro atoms. The molecule has 0 saturated carbocycles. The third-order valence-corrected chi connectivity index (χ3v) is 1.81. The maximum absolute atomic E-state index is 11.2. The van der Waals surface area contributed by atoms with Gasteiger partial charge in [-0.1, -0.05) is 6.58 Å². The van der Waals surface area contributed by atoms with Crippen LogP contribution in [-0.4, -0.2) is 55.4 Å². The number of hydrogen-bond donors (Lipinski definition) is 3. The Bertz CT molecular complexity index is 325. The fourth-order valence-electron chi connectivity index (χ4n) is 0.943. The van der Waals surface area contributed by atoms with E-state index in [9.17, 15) is 4.79 Å². The molecule has 0 bridgehead atoms. The number of amides is 1. The van der Waals surface area contributed by atoms with Gasteiger partial charge in [-0.25, -0.2) is 4.99 Å². The number of aliphatic hydroxyl groups excluding tert-OH is 1. The number of allylic oxidation sites excluding steroid dienone is 1. The van der Waals surface area contributed by atoms with Crippen molar-refractivity contribution in [2.45, 2.75) is 6.92 Å². The van der Waals surface area contributed by atoms with Crippen molar-refractivity contribution >= 4 is 18.1 Å². The van der Waals surface area contributed by atoms with E-state index in [1.807, 2.05) is 0 Å². The van der Waals surface area contributed by atoms with Gasteiger partial charge >= 0.3 is 0 Å². The Morgan fingerprint density at radius 1 is 1.47 bits per heavy atom. The highest BCUT2D eigenvalue weighted by atomic mass is 16.3. The van der Waals surface area contributed by atoms with Crippen molar-refractivity contribution in [1.82, 2.24) is 15.6 Å². The minimum absolute atomic E-state index is 0.0394. The Morgan fingerprint density at radius 3 is 2.53 bits per heavy atom. The number of likely N-dealkylation sites (N-methyl/N-ethyl adjacent to an activating group) is 2. The summed E-state index contributed by atoms with van der Waals surface area (Å²) in [7, 11) is 3.10. The third-order valence-electron chi connectivity index (χ3n) is 1.81. The molecule has 0 aromatic rings. The summed E-state index contributed by atoms with van der Waals surface area (Å²) in [5.74, 6) is -0.176. The fourth-order valence-corrected chi connectivity index (χ4v) is 0.943. The first kappa shape index (κ1) is 15.1. The van der Waals surface area contributed by atoms with Crippen LogP contribution >= 0.6 is 0 Å². The van der Waals surface area contributed by atoms with Crippen LogP contribution in [-0.2, 0) is 4.79 Å². The molecule has 7 nitrogen and oxygen atoms in total. The second-order valence-corrected chi connectivity index (χ2v) is 3.12. The van der Waals surface area contributed by atoms with Crippen LogP contribution in [0.25, 0.3) is 0 Å². The molecule has 96 valence electrons. The summed E-state index contributed by atoms with van der Waals surface area (Å²) < 4.78 is 0. The number of hydrazone groups is 1. The van der Waals surface area contributed by atoms with E-state index in [0.717, 1.165) is 0 Å². The van der Waals surface area contributed by atoms with Crippen molar-refractivity contribution in [2.24, 2.45) is 10.1 Å². The van der Waals surface area contributed by atoms with Crippen LogP contribution in [0.15, 0.2) is 22.4 Å². The molecule has 0 heterocycles. The predicted molar refractivity (Wildman–Crippen MR) is 67.7 cm³/mol. The lowest BCUT2D eigenvalue weighted by molar-refractivity contribution is -0.114. The van der Waals surface area contributed by atoms with Crippen molar-refractivity contribution in [1.29, 1.82) is 0 Å². The minimum atomic E-state index is -0.331. The SMILES string of the molecule is C=C(C)N(CCO)/N=C\N=C(/NC)C(=O)NC. The van der Waals surface area contributed by atoms with E-state index in [2.05, 4.69) is 27.3 Å². The number of hydrogen-bond acceptors (Lipinski definition) is 4. The van der Waals surface area contributed by atoms with Gasteiger partial charge in [-0.05, 0) is 6.92 Å². The van der Waals surface area contributed by atoms with Gasteiger partial charge in [-0.3, -0.25) is 9.80 Å². The van der Waals surface area contributed by atoms with E-state index in [1.165, 1.54) is 18.4 Å². The molecule has 0 saturated heterocycles. The van der Waals surface area contributed by atoms with Crippen LogP contribution in [0.4, 0.5) is 0 Å². The summed E-state index contributed by atoms with van der Waals surface area (Å²) >= 11 is 0. The van der Waals surface area contributed by atoms with Gasteiger partial charge in [-0.15, -0.1) is 0 Å². The number of nitrogens with one attached hydrogen (secondary N) is 2. The van der Waals surface area contributed by atoms with Crippen molar-refractivity contribution in [3.8, 4) is 0 Å². The fraction of sp³-hybridized carbons (Fsp3) is 0.500. The normalized spacial score (nSPS) is 11.4. The van der Waals surface area contributed by atoms with E-state index < -0.39 is 0 Å². The molecule has 1 amide bonds. The Kier molecular flexibility index (Phi) is 7.36. The summed E-state index contributed by atoms with van der Waals surface area (Å²) in [4.78, 5) is 15.1. The van der Waals surface area contributed by atoms with Crippen molar-refractivity contribution < 1.29 is 9.90 Å². The molecule has 0 aliphatic rings. The minimum Gasteiger partial charge on any atom is -0.394 e. The zero-order chi connectivity index (χ0) is 13.3. The summed E-state index contributed by atoms with van der Waals surface area (Å²) in [5, 5.41) is 19.3. The number of aliphatic hydroxyl groups is 1. The Balaban J connectivity index is 4.62. The molecule has 3 N–H and O–H groups in total. The topological polar surface area (TPSA) is 89.3 Å². The Labute approximate surface area is 101 Å². The standard InChI is InChI=1S/C10H19N5O2/c1-8(2)15(5-6-16)14-7-13-9(11-3)10(17)12-4/h7,16H,1,5-6H2,2-4H3,(H,12,17)(H,11,13,14). The van der Waals surface area contributed by atoms with E-state index in [1.54, 1.807) is 14.0 Å². The largest absolute Gasteiger partial charge is 0.394 e. The lowest BCUT2D eigenvalue weighted by atomic mass is 10.5. The number of aliphatic imine (C=N–C) groups is 1.